The molecule has 0 aliphatic heterocycles. The molecule has 0 bridgehead atoms. The first kappa shape index (κ1) is 19.1. The number of hydrogen-bond donors (Lipinski definition) is 3. The highest BCUT2D eigenvalue weighted by molar-refractivity contribution is 7.46. The van der Waals surface area contributed by atoms with Crippen molar-refractivity contribution in [3.63, 3.8) is 0 Å². The third-order valence-electron chi connectivity index (χ3n) is 3.09. The Morgan fingerprint density at radius 2 is 1.88 bits per heavy atom. The third kappa shape index (κ3) is 7.49. The van der Waals surface area contributed by atoms with Gasteiger partial charge in [0.05, 0.1) is 13.2 Å². The Balaban J connectivity index is 1.63. The molecule has 3 N–H and O–H groups in total. The van der Waals surface area contributed by atoms with Gasteiger partial charge in [-0.1, -0.05) is 35.5 Å². The van der Waals surface area contributed by atoms with Gasteiger partial charge in [0.15, 0.2) is 0 Å². The molecule has 0 unspecified atom stereocenters. The van der Waals surface area contributed by atoms with Gasteiger partial charge in [0, 0.05) is 11.6 Å². The lowest BCUT2D eigenvalue weighted by Gasteiger charge is -2.06. The maximum Gasteiger partial charge on any atom is 0.469 e. The van der Waals surface area contributed by atoms with Crippen LogP contribution in [0.5, 0.6) is 0 Å². The lowest BCUT2D eigenvalue weighted by atomic mass is 10.2. The number of amides is 1. The Kier molecular flexibility index (Phi) is 7.15. The summed E-state index contributed by atoms with van der Waals surface area (Å²) >= 11 is 0. The van der Waals surface area contributed by atoms with Gasteiger partial charge < -0.3 is 19.0 Å². The van der Waals surface area contributed by atoms with Gasteiger partial charge >= 0.3 is 13.9 Å². The normalized spacial score (nSPS) is 11.3. The van der Waals surface area contributed by atoms with Gasteiger partial charge in [-0.25, -0.2) is 9.36 Å². The first-order chi connectivity index (χ1) is 11.9. The van der Waals surface area contributed by atoms with Crippen molar-refractivity contribution in [1.82, 2.24) is 5.16 Å². The number of anilines is 1. The summed E-state index contributed by atoms with van der Waals surface area (Å²) in [4.78, 5) is 28.6. The van der Waals surface area contributed by atoms with Gasteiger partial charge in [0.2, 0.25) is 5.88 Å². The number of carbonyl (C=O) groups is 1. The number of nitrogens with one attached hydrogen (secondary N) is 1. The molecule has 0 radical (unpaired) electrons. The van der Waals surface area contributed by atoms with Crippen molar-refractivity contribution in [1.29, 1.82) is 0 Å². The van der Waals surface area contributed by atoms with E-state index in [1.54, 1.807) is 6.07 Å². The molecular weight excluding hydrogens is 351 g/mol. The summed E-state index contributed by atoms with van der Waals surface area (Å²) in [5, 5.41) is 6.30. The van der Waals surface area contributed by atoms with E-state index < -0.39 is 13.9 Å². The van der Waals surface area contributed by atoms with Crippen LogP contribution in [0.2, 0.25) is 0 Å². The smallest absolute Gasteiger partial charge is 0.449 e. The number of hydrogen-bond acceptors (Lipinski definition) is 6. The second-order valence-electron chi connectivity index (χ2n) is 5.09. The van der Waals surface area contributed by atoms with Crippen LogP contribution in [-0.2, 0) is 13.8 Å². The summed E-state index contributed by atoms with van der Waals surface area (Å²) in [6, 6.07) is 11.0. The van der Waals surface area contributed by atoms with E-state index in [2.05, 4.69) is 15.0 Å². The second-order valence-corrected chi connectivity index (χ2v) is 6.33. The van der Waals surface area contributed by atoms with Crippen LogP contribution in [-0.4, -0.2) is 34.3 Å². The molecule has 1 heterocycles. The van der Waals surface area contributed by atoms with E-state index >= 15 is 0 Å². The van der Waals surface area contributed by atoms with Crippen LogP contribution in [0, 0.1) is 0 Å². The number of phosphoric acid groups is 1. The molecule has 2 rings (SSSR count). The van der Waals surface area contributed by atoms with Gasteiger partial charge in [0.25, 0.3) is 0 Å². The summed E-state index contributed by atoms with van der Waals surface area (Å²) in [5.41, 5.74) is 1.46. The zero-order valence-corrected chi connectivity index (χ0v) is 14.2. The lowest BCUT2D eigenvalue weighted by molar-refractivity contribution is 0.156. The molecule has 0 atom stereocenters. The van der Waals surface area contributed by atoms with Crippen LogP contribution in [0.1, 0.15) is 19.3 Å². The molecule has 1 aromatic carbocycles. The largest absolute Gasteiger partial charge is 0.469 e. The van der Waals surface area contributed by atoms with Crippen molar-refractivity contribution < 1.29 is 32.9 Å². The summed E-state index contributed by atoms with van der Waals surface area (Å²) in [6.45, 7) is 0.123. The molecule has 1 amide bonds. The number of rotatable bonds is 9. The van der Waals surface area contributed by atoms with E-state index in [9.17, 15) is 9.36 Å². The topological polar surface area (TPSA) is 131 Å². The Labute approximate surface area is 144 Å². The predicted octanol–water partition coefficient (Wildman–Crippen LogP) is 3.17. The number of benzene rings is 1. The van der Waals surface area contributed by atoms with E-state index in [1.165, 1.54) is 0 Å². The fraction of sp³-hybridized carbons (Fsp3) is 0.333. The molecule has 0 saturated heterocycles. The molecule has 0 fully saturated rings. The van der Waals surface area contributed by atoms with Gasteiger partial charge in [-0.15, -0.1) is 0 Å². The van der Waals surface area contributed by atoms with E-state index in [4.69, 9.17) is 19.0 Å². The van der Waals surface area contributed by atoms with Gasteiger partial charge in [-0.2, -0.15) is 0 Å². The summed E-state index contributed by atoms with van der Waals surface area (Å²) in [6.07, 6.45) is 0.943. The molecular formula is C15H19N2O7P. The fourth-order valence-electron chi connectivity index (χ4n) is 1.94. The Morgan fingerprint density at radius 3 is 2.60 bits per heavy atom. The summed E-state index contributed by atoms with van der Waals surface area (Å²) < 4.78 is 24.8. The van der Waals surface area contributed by atoms with E-state index in [1.807, 2.05) is 30.3 Å². The van der Waals surface area contributed by atoms with Crippen LogP contribution in [0.15, 0.2) is 40.9 Å². The van der Waals surface area contributed by atoms with Crippen molar-refractivity contribution in [2.24, 2.45) is 0 Å². The highest BCUT2D eigenvalue weighted by Crippen LogP contribution is 2.35. The van der Waals surface area contributed by atoms with Crippen LogP contribution in [0.25, 0.3) is 11.3 Å². The van der Waals surface area contributed by atoms with E-state index in [0.717, 1.165) is 5.56 Å². The van der Waals surface area contributed by atoms with Crippen LogP contribution < -0.4 is 5.32 Å². The Morgan fingerprint density at radius 1 is 1.16 bits per heavy atom. The summed E-state index contributed by atoms with van der Waals surface area (Å²) in [5.74, 6) is 0.180. The highest BCUT2D eigenvalue weighted by Gasteiger charge is 2.13. The first-order valence-electron chi connectivity index (χ1n) is 7.60. The van der Waals surface area contributed by atoms with Crippen molar-refractivity contribution in [3.05, 3.63) is 36.4 Å². The van der Waals surface area contributed by atoms with Crippen molar-refractivity contribution >= 4 is 19.8 Å². The van der Waals surface area contributed by atoms with Crippen molar-refractivity contribution in [2.75, 3.05) is 18.5 Å². The minimum atomic E-state index is -4.41. The zero-order chi connectivity index (χ0) is 18.1. The summed E-state index contributed by atoms with van der Waals surface area (Å²) in [7, 11) is -4.41. The molecule has 10 heteroatoms. The third-order valence-corrected chi connectivity index (χ3v) is 3.61. The van der Waals surface area contributed by atoms with Crippen LogP contribution in [0.4, 0.5) is 10.7 Å². The minimum Gasteiger partial charge on any atom is -0.449 e. The molecule has 1 aromatic heterocycles. The molecule has 136 valence electrons. The quantitative estimate of drug-likeness (QED) is 0.453. The number of aromatic nitrogens is 1. The van der Waals surface area contributed by atoms with Crippen LogP contribution >= 0.6 is 7.82 Å². The van der Waals surface area contributed by atoms with E-state index in [0.29, 0.717) is 25.0 Å². The first-order valence-corrected chi connectivity index (χ1v) is 9.13. The van der Waals surface area contributed by atoms with Crippen molar-refractivity contribution in [2.45, 2.75) is 19.3 Å². The highest BCUT2D eigenvalue weighted by atomic mass is 31.2. The number of nitrogens with zero attached hydrogens (tertiary/aromatic N) is 1. The number of ether oxygens (including phenoxy) is 1. The number of unbranched alkanes of at least 4 members (excludes halogenated alkanes) is 2. The average Bonchev–Trinajstić information content (AvgIpc) is 3.02. The molecule has 2 aromatic rings. The number of carbonyl (C=O) groups excluding carboxylic acids is 1. The van der Waals surface area contributed by atoms with Crippen LogP contribution in [0.3, 0.4) is 0 Å². The standard InChI is InChI=1S/C15H19N2O7P/c18-15(22-9-5-2-6-10-23-25(19,20)21)16-14-11-13(17-24-14)12-7-3-1-4-8-12/h1,3-4,7-8,11H,2,5-6,9-10H2,(H,16,18)(H2,19,20,21). The minimum absolute atomic E-state index is 0.0448. The maximum atomic E-state index is 11.6. The lowest BCUT2D eigenvalue weighted by Crippen LogP contribution is -2.14. The van der Waals surface area contributed by atoms with Crippen molar-refractivity contribution in [3.8, 4) is 11.3 Å². The van der Waals surface area contributed by atoms with Gasteiger partial charge in [0.1, 0.15) is 5.69 Å². The zero-order valence-electron chi connectivity index (χ0n) is 13.3. The molecule has 9 nitrogen and oxygen atoms in total. The maximum absolute atomic E-state index is 11.6. The molecule has 0 saturated carbocycles. The number of phosphoric ester groups is 1. The Bertz CT molecular complexity index is 714. The average molecular weight is 370 g/mol. The van der Waals surface area contributed by atoms with Gasteiger partial charge in [-0.3, -0.25) is 9.84 Å². The molecule has 0 aliphatic rings. The SMILES string of the molecule is O=C(Nc1cc(-c2ccccc2)no1)OCCCCCOP(=O)(O)O. The molecule has 25 heavy (non-hydrogen) atoms. The van der Waals surface area contributed by atoms with E-state index in [-0.39, 0.29) is 19.1 Å². The fourth-order valence-corrected chi connectivity index (χ4v) is 2.31. The predicted molar refractivity (Wildman–Crippen MR) is 88.8 cm³/mol. The Hall–Kier alpha value is -2.19. The second kappa shape index (κ2) is 9.33. The monoisotopic (exact) mass is 370 g/mol. The molecule has 0 spiro atoms. The van der Waals surface area contributed by atoms with Gasteiger partial charge in [-0.05, 0) is 19.3 Å². The molecule has 0 aliphatic carbocycles.